The minimum absolute atomic E-state index is 0.0208. The molecule has 1 fully saturated rings. The first-order valence-corrected chi connectivity index (χ1v) is 7.68. The lowest BCUT2D eigenvalue weighted by atomic mass is 10.1. The fraction of sp³-hybridized carbons (Fsp3) is 0.474. The summed E-state index contributed by atoms with van der Waals surface area (Å²) in [6.45, 7) is 1.45. The fourth-order valence-electron chi connectivity index (χ4n) is 2.05. The number of ether oxygens (including phenoxy) is 2. The van der Waals surface area contributed by atoms with Crippen molar-refractivity contribution in [3.05, 3.63) is 35.9 Å². The lowest BCUT2D eigenvalue weighted by Crippen LogP contribution is -2.05. The first kappa shape index (κ1) is 15.6. The van der Waals surface area contributed by atoms with Crippen molar-refractivity contribution in [2.24, 2.45) is 0 Å². The van der Waals surface area contributed by atoms with Crippen LogP contribution in [0.5, 0.6) is 0 Å². The molecule has 2 nitrogen and oxygen atoms in total. The standard InChI is InChI=1S/C19H22O2/c1(2-4-6-11-15-19-20-16-17-21-19)3-5-8-12-18-13-9-7-10-14-18/h7,9-10,13-14,19H,1-3,5,11,15-17H2. The molecule has 0 spiro atoms. The van der Waals surface area contributed by atoms with Crippen molar-refractivity contribution < 1.29 is 9.47 Å². The highest BCUT2D eigenvalue weighted by Gasteiger charge is 2.13. The molecule has 1 aliphatic rings. The predicted molar refractivity (Wildman–Crippen MR) is 84.5 cm³/mol. The van der Waals surface area contributed by atoms with Gasteiger partial charge < -0.3 is 9.47 Å². The number of benzene rings is 1. The van der Waals surface area contributed by atoms with Crippen LogP contribution in [-0.2, 0) is 9.47 Å². The van der Waals surface area contributed by atoms with Crippen molar-refractivity contribution in [3.8, 4) is 23.7 Å². The molecule has 1 heterocycles. The van der Waals surface area contributed by atoms with Crippen LogP contribution in [0.2, 0.25) is 0 Å². The summed E-state index contributed by atoms with van der Waals surface area (Å²) in [7, 11) is 0. The highest BCUT2D eigenvalue weighted by Crippen LogP contribution is 2.09. The Morgan fingerprint density at radius 1 is 0.857 bits per heavy atom. The van der Waals surface area contributed by atoms with Crippen LogP contribution in [0.15, 0.2) is 30.3 Å². The maximum absolute atomic E-state index is 5.36. The Labute approximate surface area is 127 Å². The van der Waals surface area contributed by atoms with Crippen LogP contribution in [0.4, 0.5) is 0 Å². The van der Waals surface area contributed by atoms with Gasteiger partial charge in [0.2, 0.25) is 0 Å². The zero-order valence-corrected chi connectivity index (χ0v) is 12.4. The molecular formula is C19H22O2. The third-order valence-corrected chi connectivity index (χ3v) is 3.18. The zero-order valence-electron chi connectivity index (χ0n) is 12.4. The Balaban J connectivity index is 1.48. The largest absolute Gasteiger partial charge is 0.350 e. The van der Waals surface area contributed by atoms with Gasteiger partial charge in [-0.1, -0.05) is 30.0 Å². The summed E-state index contributed by atoms with van der Waals surface area (Å²) >= 11 is 0. The van der Waals surface area contributed by atoms with Crippen LogP contribution in [0.25, 0.3) is 0 Å². The lowest BCUT2D eigenvalue weighted by molar-refractivity contribution is -0.0454. The molecule has 21 heavy (non-hydrogen) atoms. The summed E-state index contributed by atoms with van der Waals surface area (Å²) in [5.41, 5.74) is 1.09. The van der Waals surface area contributed by atoms with Gasteiger partial charge in [0.25, 0.3) is 0 Å². The summed E-state index contributed by atoms with van der Waals surface area (Å²) in [6.07, 6.45) is 5.86. The van der Waals surface area contributed by atoms with Gasteiger partial charge in [0.15, 0.2) is 6.29 Å². The molecular weight excluding hydrogens is 260 g/mol. The van der Waals surface area contributed by atoms with Crippen LogP contribution >= 0.6 is 0 Å². The summed E-state index contributed by atoms with van der Waals surface area (Å²) in [5.74, 6) is 12.8. The van der Waals surface area contributed by atoms with E-state index in [0.29, 0.717) is 0 Å². The summed E-state index contributed by atoms with van der Waals surface area (Å²) in [6, 6.07) is 10.1. The summed E-state index contributed by atoms with van der Waals surface area (Å²) in [4.78, 5) is 0. The van der Waals surface area contributed by atoms with E-state index >= 15 is 0 Å². The van der Waals surface area contributed by atoms with Crippen molar-refractivity contribution in [1.29, 1.82) is 0 Å². The van der Waals surface area contributed by atoms with Crippen molar-refractivity contribution in [3.63, 3.8) is 0 Å². The van der Waals surface area contributed by atoms with E-state index in [1.165, 1.54) is 0 Å². The topological polar surface area (TPSA) is 18.5 Å². The Kier molecular flexibility index (Phi) is 7.49. The highest BCUT2D eigenvalue weighted by atomic mass is 16.7. The molecule has 1 saturated heterocycles. The van der Waals surface area contributed by atoms with Crippen LogP contribution < -0.4 is 0 Å². The first-order valence-electron chi connectivity index (χ1n) is 7.68. The molecule has 0 aliphatic carbocycles. The van der Waals surface area contributed by atoms with Crippen LogP contribution in [0.1, 0.15) is 44.1 Å². The van der Waals surface area contributed by atoms with E-state index in [9.17, 15) is 0 Å². The van der Waals surface area contributed by atoms with Crippen LogP contribution in [0.3, 0.4) is 0 Å². The van der Waals surface area contributed by atoms with Gasteiger partial charge in [-0.15, -0.1) is 11.8 Å². The molecule has 0 N–H and O–H groups in total. The average molecular weight is 282 g/mol. The molecule has 1 aliphatic heterocycles. The number of unbranched alkanes of at least 4 members (excludes halogenated alkanes) is 3. The van der Waals surface area contributed by atoms with Gasteiger partial charge in [-0.25, -0.2) is 0 Å². The Bertz CT molecular complexity index is 507. The quantitative estimate of drug-likeness (QED) is 0.605. The number of rotatable bonds is 5. The molecule has 2 rings (SSSR count). The SMILES string of the molecule is C(#CCCC1OCCO1)CCCCC#Cc1ccccc1. The smallest absolute Gasteiger partial charge is 0.158 e. The Morgan fingerprint density at radius 2 is 1.52 bits per heavy atom. The summed E-state index contributed by atoms with van der Waals surface area (Å²) in [5, 5.41) is 0. The van der Waals surface area contributed by atoms with Crippen molar-refractivity contribution in [1.82, 2.24) is 0 Å². The first-order chi connectivity index (χ1) is 10.4. The van der Waals surface area contributed by atoms with E-state index < -0.39 is 0 Å². The Hall–Kier alpha value is -1.74. The van der Waals surface area contributed by atoms with Crippen LogP contribution in [0, 0.1) is 23.7 Å². The third-order valence-electron chi connectivity index (χ3n) is 3.18. The van der Waals surface area contributed by atoms with Crippen LogP contribution in [-0.4, -0.2) is 19.5 Å². The third kappa shape index (κ3) is 7.00. The number of hydrogen-bond donors (Lipinski definition) is 0. The minimum atomic E-state index is -0.0208. The van der Waals surface area contributed by atoms with Gasteiger partial charge in [-0.3, -0.25) is 0 Å². The second kappa shape index (κ2) is 10.1. The average Bonchev–Trinajstić information content (AvgIpc) is 3.03. The maximum Gasteiger partial charge on any atom is 0.158 e. The lowest BCUT2D eigenvalue weighted by Gasteiger charge is -2.04. The van der Waals surface area contributed by atoms with Gasteiger partial charge in [-0.05, 0) is 25.0 Å². The molecule has 2 heteroatoms. The molecule has 0 radical (unpaired) electrons. The fourth-order valence-corrected chi connectivity index (χ4v) is 2.05. The van der Waals surface area contributed by atoms with E-state index in [1.54, 1.807) is 0 Å². The zero-order chi connectivity index (χ0) is 14.6. The molecule has 110 valence electrons. The predicted octanol–water partition coefficient (Wildman–Crippen LogP) is 3.76. The molecule has 0 bridgehead atoms. The van der Waals surface area contributed by atoms with Gasteiger partial charge in [0.1, 0.15) is 0 Å². The van der Waals surface area contributed by atoms with Gasteiger partial charge >= 0.3 is 0 Å². The monoisotopic (exact) mass is 282 g/mol. The van der Waals surface area contributed by atoms with E-state index in [2.05, 4.69) is 23.7 Å². The molecule has 0 unspecified atom stereocenters. The molecule has 1 aromatic carbocycles. The maximum atomic E-state index is 5.36. The van der Waals surface area contributed by atoms with Crippen molar-refractivity contribution in [2.45, 2.75) is 44.8 Å². The molecule has 1 aromatic rings. The molecule has 0 aromatic heterocycles. The van der Waals surface area contributed by atoms with Gasteiger partial charge in [-0.2, -0.15) is 0 Å². The van der Waals surface area contributed by atoms with E-state index in [0.717, 1.165) is 57.3 Å². The Morgan fingerprint density at radius 3 is 2.29 bits per heavy atom. The van der Waals surface area contributed by atoms with Crippen molar-refractivity contribution >= 4 is 0 Å². The molecule has 0 saturated carbocycles. The molecule has 0 atom stereocenters. The second-order valence-corrected chi connectivity index (χ2v) is 4.94. The van der Waals surface area contributed by atoms with E-state index in [1.807, 2.05) is 30.3 Å². The van der Waals surface area contributed by atoms with Gasteiger partial charge in [0, 0.05) is 31.2 Å². The minimum Gasteiger partial charge on any atom is -0.350 e. The highest BCUT2D eigenvalue weighted by molar-refractivity contribution is 5.33. The molecule has 0 amide bonds. The van der Waals surface area contributed by atoms with Gasteiger partial charge in [0.05, 0.1) is 13.2 Å². The van der Waals surface area contributed by atoms with E-state index in [4.69, 9.17) is 9.47 Å². The normalized spacial score (nSPS) is 14.1. The summed E-state index contributed by atoms with van der Waals surface area (Å²) < 4.78 is 10.7. The number of hydrogen-bond acceptors (Lipinski definition) is 2. The van der Waals surface area contributed by atoms with E-state index in [-0.39, 0.29) is 6.29 Å². The van der Waals surface area contributed by atoms with Crippen molar-refractivity contribution in [2.75, 3.05) is 13.2 Å². The second-order valence-electron chi connectivity index (χ2n) is 4.94.